The summed E-state index contributed by atoms with van der Waals surface area (Å²) in [6.45, 7) is 5.19. The van der Waals surface area contributed by atoms with Crippen molar-refractivity contribution in [3.05, 3.63) is 35.9 Å². The van der Waals surface area contributed by atoms with Crippen LogP contribution in [0.25, 0.3) is 0 Å². The van der Waals surface area contributed by atoms with Gasteiger partial charge in [0.15, 0.2) is 0 Å². The first-order valence-electron chi connectivity index (χ1n) is 7.18. The fourth-order valence-corrected chi connectivity index (χ4v) is 1.89. The van der Waals surface area contributed by atoms with E-state index in [4.69, 9.17) is 5.11 Å². The summed E-state index contributed by atoms with van der Waals surface area (Å²) in [5, 5.41) is 13.9. The molecule has 0 bridgehead atoms. The highest BCUT2D eigenvalue weighted by Gasteiger charge is 2.25. The first-order chi connectivity index (χ1) is 10.3. The van der Waals surface area contributed by atoms with Crippen molar-refractivity contribution in [3.8, 4) is 0 Å². The van der Waals surface area contributed by atoms with E-state index in [1.807, 2.05) is 13.8 Å². The lowest BCUT2D eigenvalue weighted by atomic mass is 10.0. The van der Waals surface area contributed by atoms with E-state index in [0.29, 0.717) is 12.0 Å². The third-order valence-electron chi connectivity index (χ3n) is 3.02. The summed E-state index contributed by atoms with van der Waals surface area (Å²) >= 11 is 0. The molecule has 6 nitrogen and oxygen atoms in total. The van der Waals surface area contributed by atoms with Crippen LogP contribution in [0.3, 0.4) is 0 Å². The smallest absolute Gasteiger partial charge is 0.325 e. The van der Waals surface area contributed by atoms with Crippen LogP contribution in [0.5, 0.6) is 0 Å². The van der Waals surface area contributed by atoms with Crippen molar-refractivity contribution in [1.82, 2.24) is 10.6 Å². The number of carboxylic acids is 1. The van der Waals surface area contributed by atoms with Crippen molar-refractivity contribution in [1.29, 1.82) is 0 Å². The molecule has 0 spiro atoms. The van der Waals surface area contributed by atoms with Crippen molar-refractivity contribution in [2.75, 3.05) is 0 Å². The number of aliphatic carboxylic acids is 1. The Morgan fingerprint density at radius 3 is 2.14 bits per heavy atom. The van der Waals surface area contributed by atoms with Crippen molar-refractivity contribution in [2.45, 2.75) is 39.3 Å². The molecule has 2 atom stereocenters. The van der Waals surface area contributed by atoms with E-state index >= 15 is 0 Å². The molecule has 1 unspecified atom stereocenters. The highest BCUT2D eigenvalue weighted by Crippen LogP contribution is 2.14. The van der Waals surface area contributed by atoms with Gasteiger partial charge in [0.2, 0.25) is 11.8 Å². The van der Waals surface area contributed by atoms with Crippen LogP contribution in [0.15, 0.2) is 30.3 Å². The summed E-state index contributed by atoms with van der Waals surface area (Å²) in [5.41, 5.74) is 0.606. The summed E-state index contributed by atoms with van der Waals surface area (Å²) in [5.74, 6) is -1.76. The van der Waals surface area contributed by atoms with Crippen LogP contribution in [0, 0.1) is 5.92 Å². The van der Waals surface area contributed by atoms with Gasteiger partial charge in [-0.1, -0.05) is 44.2 Å². The van der Waals surface area contributed by atoms with Crippen LogP contribution in [-0.2, 0) is 14.4 Å². The number of carboxylic acid groups (broad SMARTS) is 1. The molecule has 22 heavy (non-hydrogen) atoms. The van der Waals surface area contributed by atoms with Crippen molar-refractivity contribution >= 4 is 17.8 Å². The molecule has 6 heteroatoms. The topological polar surface area (TPSA) is 95.5 Å². The standard InChI is InChI=1S/C16H22N2O4/c1-10(2)9-13(19)18-14(12-7-5-4-6-8-12)15(20)17-11(3)16(21)22/h4-8,10-11,14H,9H2,1-3H3,(H,17,20)(H,18,19)(H,21,22)/t11-,14?/m0/s1. The first kappa shape index (κ1) is 17.7. The Morgan fingerprint density at radius 1 is 1.05 bits per heavy atom. The Morgan fingerprint density at radius 2 is 1.64 bits per heavy atom. The molecular weight excluding hydrogens is 284 g/mol. The molecule has 120 valence electrons. The summed E-state index contributed by atoms with van der Waals surface area (Å²) < 4.78 is 0. The number of hydrogen-bond acceptors (Lipinski definition) is 3. The molecule has 1 aromatic carbocycles. The highest BCUT2D eigenvalue weighted by molar-refractivity contribution is 5.91. The minimum Gasteiger partial charge on any atom is -0.480 e. The number of amides is 2. The highest BCUT2D eigenvalue weighted by atomic mass is 16.4. The predicted molar refractivity (Wildman–Crippen MR) is 82.0 cm³/mol. The summed E-state index contributed by atoms with van der Waals surface area (Å²) in [4.78, 5) is 35.1. The molecule has 1 aromatic rings. The number of carbonyl (C=O) groups is 3. The Labute approximate surface area is 129 Å². The summed E-state index contributed by atoms with van der Waals surface area (Å²) in [6, 6.07) is 6.80. The summed E-state index contributed by atoms with van der Waals surface area (Å²) in [6.07, 6.45) is 0.297. The molecule has 0 aromatic heterocycles. The fraction of sp³-hybridized carbons (Fsp3) is 0.438. The van der Waals surface area contributed by atoms with E-state index in [0.717, 1.165) is 0 Å². The second kappa shape index (κ2) is 8.17. The lowest BCUT2D eigenvalue weighted by molar-refractivity contribution is -0.141. The van der Waals surface area contributed by atoms with Gasteiger partial charge in [0.25, 0.3) is 0 Å². The number of benzene rings is 1. The monoisotopic (exact) mass is 306 g/mol. The molecule has 0 saturated heterocycles. The van der Waals surface area contributed by atoms with Crippen molar-refractivity contribution in [2.24, 2.45) is 5.92 Å². The molecule has 0 radical (unpaired) electrons. The van der Waals surface area contributed by atoms with Gasteiger partial charge >= 0.3 is 5.97 Å². The van der Waals surface area contributed by atoms with Gasteiger partial charge in [-0.25, -0.2) is 0 Å². The lowest BCUT2D eigenvalue weighted by Crippen LogP contribution is -2.46. The van der Waals surface area contributed by atoms with Gasteiger partial charge in [0, 0.05) is 6.42 Å². The minimum atomic E-state index is -1.13. The number of hydrogen-bond donors (Lipinski definition) is 3. The molecular formula is C16H22N2O4. The minimum absolute atomic E-state index is 0.164. The average Bonchev–Trinajstić information content (AvgIpc) is 2.44. The molecule has 0 aliphatic heterocycles. The maximum Gasteiger partial charge on any atom is 0.325 e. The average molecular weight is 306 g/mol. The van der Waals surface area contributed by atoms with E-state index in [-0.39, 0.29) is 11.8 Å². The Balaban J connectivity index is 2.89. The number of nitrogens with one attached hydrogen (secondary N) is 2. The van der Waals surface area contributed by atoms with Crippen LogP contribution in [0.4, 0.5) is 0 Å². The maximum absolute atomic E-state index is 12.3. The Bertz CT molecular complexity index is 528. The zero-order chi connectivity index (χ0) is 16.7. The predicted octanol–water partition coefficient (Wildman–Crippen LogP) is 1.48. The van der Waals surface area contributed by atoms with Gasteiger partial charge in [-0.15, -0.1) is 0 Å². The van der Waals surface area contributed by atoms with Gasteiger partial charge in [0.1, 0.15) is 12.1 Å². The second-order valence-electron chi connectivity index (χ2n) is 5.58. The lowest BCUT2D eigenvalue weighted by Gasteiger charge is -2.20. The van der Waals surface area contributed by atoms with Crippen molar-refractivity contribution in [3.63, 3.8) is 0 Å². The van der Waals surface area contributed by atoms with Gasteiger partial charge in [-0.2, -0.15) is 0 Å². The second-order valence-corrected chi connectivity index (χ2v) is 5.58. The van der Waals surface area contributed by atoms with Gasteiger partial charge in [-0.05, 0) is 18.4 Å². The third kappa shape index (κ3) is 5.55. The Hall–Kier alpha value is -2.37. The quantitative estimate of drug-likeness (QED) is 0.711. The third-order valence-corrected chi connectivity index (χ3v) is 3.02. The Kier molecular flexibility index (Phi) is 6.56. The molecule has 0 heterocycles. The van der Waals surface area contributed by atoms with Crippen LogP contribution in [0.2, 0.25) is 0 Å². The fourth-order valence-electron chi connectivity index (χ4n) is 1.89. The molecule has 3 N–H and O–H groups in total. The molecule has 0 aliphatic rings. The molecule has 2 amide bonds. The normalized spacial score (nSPS) is 13.3. The van der Waals surface area contributed by atoms with Crippen molar-refractivity contribution < 1.29 is 19.5 Å². The number of carbonyl (C=O) groups excluding carboxylic acids is 2. The van der Waals surface area contributed by atoms with Crippen LogP contribution >= 0.6 is 0 Å². The molecule has 0 saturated carbocycles. The molecule has 0 fully saturated rings. The molecule has 0 aliphatic carbocycles. The van der Waals surface area contributed by atoms with E-state index in [2.05, 4.69) is 10.6 Å². The SMILES string of the molecule is CC(C)CC(=O)NC(C(=O)N[C@@H](C)C(=O)O)c1ccccc1. The van der Waals surface area contributed by atoms with E-state index in [1.54, 1.807) is 30.3 Å². The van der Waals surface area contributed by atoms with E-state index in [1.165, 1.54) is 6.92 Å². The number of rotatable bonds is 7. The van der Waals surface area contributed by atoms with Gasteiger partial charge in [0.05, 0.1) is 0 Å². The zero-order valence-corrected chi connectivity index (χ0v) is 13.0. The van der Waals surface area contributed by atoms with Crippen LogP contribution < -0.4 is 10.6 Å². The zero-order valence-electron chi connectivity index (χ0n) is 13.0. The summed E-state index contributed by atoms with van der Waals surface area (Å²) in [7, 11) is 0. The van der Waals surface area contributed by atoms with E-state index in [9.17, 15) is 14.4 Å². The first-order valence-corrected chi connectivity index (χ1v) is 7.18. The molecule has 1 rings (SSSR count). The van der Waals surface area contributed by atoms with Crippen LogP contribution in [0.1, 0.15) is 38.8 Å². The van der Waals surface area contributed by atoms with Gasteiger partial charge in [-0.3, -0.25) is 14.4 Å². The van der Waals surface area contributed by atoms with E-state index < -0.39 is 24.0 Å². The maximum atomic E-state index is 12.3. The van der Waals surface area contributed by atoms with Gasteiger partial charge < -0.3 is 15.7 Å². The largest absolute Gasteiger partial charge is 0.480 e. The van der Waals surface area contributed by atoms with Crippen LogP contribution in [-0.4, -0.2) is 28.9 Å².